The molecule has 1 aromatic heterocycles. The van der Waals surface area contributed by atoms with Crippen LogP contribution >= 0.6 is 22.9 Å². The highest BCUT2D eigenvalue weighted by Gasteiger charge is 2.36. The van der Waals surface area contributed by atoms with E-state index in [1.54, 1.807) is 35.6 Å². The average Bonchev–Trinajstić information content (AvgIpc) is 3.39. The molecule has 0 saturated carbocycles. The summed E-state index contributed by atoms with van der Waals surface area (Å²) in [6.07, 6.45) is 3.61. The second-order valence-corrected chi connectivity index (χ2v) is 8.69. The lowest BCUT2D eigenvalue weighted by Crippen LogP contribution is -2.44. The summed E-state index contributed by atoms with van der Waals surface area (Å²) in [4.78, 5) is 31.0. The normalized spacial score (nSPS) is 20.9. The van der Waals surface area contributed by atoms with Crippen LogP contribution in [0.25, 0.3) is 0 Å². The van der Waals surface area contributed by atoms with E-state index in [9.17, 15) is 9.59 Å². The number of hydrogen-bond donors (Lipinski definition) is 0. The summed E-state index contributed by atoms with van der Waals surface area (Å²) < 4.78 is 0. The molecule has 1 aromatic carbocycles. The van der Waals surface area contributed by atoms with E-state index >= 15 is 0 Å². The predicted octanol–water partition coefficient (Wildman–Crippen LogP) is 4.62. The maximum Gasteiger partial charge on any atom is 0.253 e. The fourth-order valence-corrected chi connectivity index (χ4v) is 5.15. The number of rotatable bonds is 3. The summed E-state index contributed by atoms with van der Waals surface area (Å²) in [5, 5.41) is 2.71. The molecule has 2 saturated heterocycles. The first-order chi connectivity index (χ1) is 13.1. The zero-order chi connectivity index (χ0) is 18.8. The predicted molar refractivity (Wildman–Crippen MR) is 108 cm³/mol. The van der Waals surface area contributed by atoms with Gasteiger partial charge < -0.3 is 9.80 Å². The largest absolute Gasteiger partial charge is 0.339 e. The maximum absolute atomic E-state index is 13.1. The van der Waals surface area contributed by atoms with E-state index in [1.165, 1.54) is 4.88 Å². The molecule has 6 heteroatoms. The summed E-state index contributed by atoms with van der Waals surface area (Å²) in [7, 11) is 0. The minimum absolute atomic E-state index is 0.0233. The van der Waals surface area contributed by atoms with Crippen molar-refractivity contribution in [1.29, 1.82) is 0 Å². The van der Waals surface area contributed by atoms with Crippen LogP contribution in [-0.2, 0) is 4.79 Å². The van der Waals surface area contributed by atoms with Crippen LogP contribution in [0.3, 0.4) is 0 Å². The zero-order valence-electron chi connectivity index (χ0n) is 15.1. The van der Waals surface area contributed by atoms with Gasteiger partial charge in [0.15, 0.2) is 0 Å². The Balaban J connectivity index is 1.36. The molecule has 2 aliphatic rings. The molecule has 4 rings (SSSR count). The standard InChI is InChI=1S/C21H23ClN2O2S/c22-17-7-5-15(6-8-17)20(25)23-12-9-16(10-13-23)21(26)24-11-1-3-18(24)19-4-2-14-27-19/h2,4-8,14,16,18H,1,3,9-13H2. The van der Waals surface area contributed by atoms with Crippen molar-refractivity contribution in [3.63, 3.8) is 0 Å². The van der Waals surface area contributed by atoms with E-state index in [0.29, 0.717) is 23.7 Å². The van der Waals surface area contributed by atoms with Crippen LogP contribution in [0, 0.1) is 5.92 Å². The lowest BCUT2D eigenvalue weighted by molar-refractivity contribution is -0.137. The van der Waals surface area contributed by atoms with Gasteiger partial charge in [-0.2, -0.15) is 0 Å². The van der Waals surface area contributed by atoms with Gasteiger partial charge >= 0.3 is 0 Å². The Kier molecular flexibility index (Phi) is 5.50. The van der Waals surface area contributed by atoms with Crippen LogP contribution < -0.4 is 0 Å². The Labute approximate surface area is 168 Å². The number of halogens is 1. The number of carbonyl (C=O) groups is 2. The molecule has 2 fully saturated rings. The van der Waals surface area contributed by atoms with Crippen molar-refractivity contribution in [2.24, 2.45) is 5.92 Å². The minimum Gasteiger partial charge on any atom is -0.339 e. The van der Waals surface area contributed by atoms with Crippen molar-refractivity contribution >= 4 is 34.8 Å². The van der Waals surface area contributed by atoms with Crippen LogP contribution in [0.5, 0.6) is 0 Å². The summed E-state index contributed by atoms with van der Waals surface area (Å²) in [6.45, 7) is 2.12. The first-order valence-corrected chi connectivity index (χ1v) is 10.8. The highest BCUT2D eigenvalue weighted by Crippen LogP contribution is 2.36. The molecule has 1 unspecified atom stereocenters. The van der Waals surface area contributed by atoms with Gasteiger partial charge in [0, 0.05) is 41.0 Å². The number of piperidine rings is 1. The van der Waals surface area contributed by atoms with Gasteiger partial charge in [0.2, 0.25) is 5.91 Å². The van der Waals surface area contributed by atoms with E-state index in [0.717, 1.165) is 32.2 Å². The molecule has 27 heavy (non-hydrogen) atoms. The van der Waals surface area contributed by atoms with Crippen molar-refractivity contribution < 1.29 is 9.59 Å². The SMILES string of the molecule is O=C(c1ccc(Cl)cc1)N1CCC(C(=O)N2CCCC2c2cccs2)CC1. The number of nitrogens with zero attached hydrogens (tertiary/aromatic N) is 2. The molecule has 0 N–H and O–H groups in total. The fourth-order valence-electron chi connectivity index (χ4n) is 4.15. The first-order valence-electron chi connectivity index (χ1n) is 9.52. The Morgan fingerprint density at radius 2 is 1.74 bits per heavy atom. The van der Waals surface area contributed by atoms with Gasteiger partial charge in [-0.05, 0) is 61.4 Å². The van der Waals surface area contributed by atoms with Crippen LogP contribution in [0.1, 0.15) is 47.0 Å². The van der Waals surface area contributed by atoms with Crippen molar-refractivity contribution in [3.05, 3.63) is 57.2 Å². The van der Waals surface area contributed by atoms with Crippen molar-refractivity contribution in [2.75, 3.05) is 19.6 Å². The summed E-state index contributed by atoms with van der Waals surface area (Å²) in [5.74, 6) is 0.319. The average molecular weight is 403 g/mol. The first kappa shape index (κ1) is 18.5. The van der Waals surface area contributed by atoms with Gasteiger partial charge in [0.1, 0.15) is 0 Å². The summed E-state index contributed by atoms with van der Waals surface area (Å²) >= 11 is 7.64. The third-order valence-electron chi connectivity index (χ3n) is 5.63. The smallest absolute Gasteiger partial charge is 0.253 e. The van der Waals surface area contributed by atoms with Crippen molar-refractivity contribution in [3.8, 4) is 0 Å². The molecule has 0 radical (unpaired) electrons. The highest BCUT2D eigenvalue weighted by atomic mass is 35.5. The molecule has 3 heterocycles. The molecule has 142 valence electrons. The third-order valence-corrected chi connectivity index (χ3v) is 6.86. The maximum atomic E-state index is 13.1. The fraction of sp³-hybridized carbons (Fsp3) is 0.429. The number of benzene rings is 1. The number of amides is 2. The van der Waals surface area contributed by atoms with Gasteiger partial charge in [0.25, 0.3) is 5.91 Å². The molecule has 0 bridgehead atoms. The molecule has 4 nitrogen and oxygen atoms in total. The Hall–Kier alpha value is -1.85. The van der Waals surface area contributed by atoms with E-state index in [1.807, 2.05) is 4.90 Å². The molecule has 0 spiro atoms. The van der Waals surface area contributed by atoms with Crippen LogP contribution in [0.2, 0.25) is 5.02 Å². The minimum atomic E-state index is 0.0233. The van der Waals surface area contributed by atoms with Gasteiger partial charge in [-0.25, -0.2) is 0 Å². The molecule has 2 aliphatic heterocycles. The summed E-state index contributed by atoms with van der Waals surface area (Å²) in [5.41, 5.74) is 0.654. The van der Waals surface area contributed by atoms with Crippen LogP contribution in [0.4, 0.5) is 0 Å². The highest BCUT2D eigenvalue weighted by molar-refractivity contribution is 7.10. The quantitative estimate of drug-likeness (QED) is 0.751. The topological polar surface area (TPSA) is 40.6 Å². The van der Waals surface area contributed by atoms with Gasteiger partial charge in [-0.1, -0.05) is 17.7 Å². The second-order valence-electron chi connectivity index (χ2n) is 7.28. The number of likely N-dealkylation sites (tertiary alicyclic amines) is 2. The molecule has 2 amide bonds. The second kappa shape index (κ2) is 8.03. The molecule has 2 aromatic rings. The number of hydrogen-bond acceptors (Lipinski definition) is 3. The van der Waals surface area contributed by atoms with Crippen LogP contribution in [-0.4, -0.2) is 41.2 Å². The number of thiophene rings is 1. The summed E-state index contributed by atoms with van der Waals surface area (Å²) in [6, 6.07) is 11.4. The Bertz CT molecular complexity index is 798. The lowest BCUT2D eigenvalue weighted by atomic mass is 9.94. The van der Waals surface area contributed by atoms with Crippen molar-refractivity contribution in [1.82, 2.24) is 9.80 Å². The monoisotopic (exact) mass is 402 g/mol. The lowest BCUT2D eigenvalue weighted by Gasteiger charge is -2.34. The van der Waals surface area contributed by atoms with E-state index in [-0.39, 0.29) is 23.8 Å². The molecular weight excluding hydrogens is 380 g/mol. The Morgan fingerprint density at radius 1 is 1.00 bits per heavy atom. The van der Waals surface area contributed by atoms with Gasteiger partial charge in [0.05, 0.1) is 6.04 Å². The molecular formula is C21H23ClN2O2S. The van der Waals surface area contributed by atoms with E-state index in [4.69, 9.17) is 11.6 Å². The van der Waals surface area contributed by atoms with E-state index in [2.05, 4.69) is 22.4 Å². The van der Waals surface area contributed by atoms with Crippen molar-refractivity contribution in [2.45, 2.75) is 31.7 Å². The van der Waals surface area contributed by atoms with Gasteiger partial charge in [-0.15, -0.1) is 11.3 Å². The molecule has 1 atom stereocenters. The van der Waals surface area contributed by atoms with E-state index < -0.39 is 0 Å². The Morgan fingerprint density at radius 3 is 2.41 bits per heavy atom. The zero-order valence-corrected chi connectivity index (χ0v) is 16.7. The van der Waals surface area contributed by atoms with Crippen LogP contribution in [0.15, 0.2) is 41.8 Å². The third kappa shape index (κ3) is 3.90. The number of carbonyl (C=O) groups excluding carboxylic acids is 2. The molecule has 0 aliphatic carbocycles. The van der Waals surface area contributed by atoms with Gasteiger partial charge in [-0.3, -0.25) is 9.59 Å².